The van der Waals surface area contributed by atoms with Crippen molar-refractivity contribution in [3.8, 4) is 0 Å². The molecule has 1 aliphatic rings. The fraction of sp³-hybridized carbons (Fsp3) is 0.500. The zero-order valence-corrected chi connectivity index (χ0v) is 11.2. The normalized spacial score (nSPS) is 20.1. The number of ketones is 1. The molecule has 18 heavy (non-hydrogen) atoms. The number of hydrogen-bond acceptors (Lipinski definition) is 4. The van der Waals surface area contributed by atoms with E-state index in [4.69, 9.17) is 4.74 Å². The monoisotopic (exact) mass is 250 g/mol. The third-order valence-electron chi connectivity index (χ3n) is 2.99. The van der Waals surface area contributed by atoms with Crippen LogP contribution in [0.2, 0.25) is 0 Å². The summed E-state index contributed by atoms with van der Waals surface area (Å²) in [5, 5.41) is 3.03. The molecule has 1 saturated heterocycles. The van der Waals surface area contributed by atoms with Crippen LogP contribution < -0.4 is 5.32 Å². The molecule has 1 fully saturated rings. The van der Waals surface area contributed by atoms with Crippen LogP contribution in [0.15, 0.2) is 37.0 Å². The molecule has 1 unspecified atom stereocenters. The van der Waals surface area contributed by atoms with Crippen molar-refractivity contribution >= 4 is 5.78 Å². The lowest BCUT2D eigenvalue weighted by Crippen LogP contribution is -2.35. The summed E-state index contributed by atoms with van der Waals surface area (Å²) in [7, 11) is 0. The zero-order chi connectivity index (χ0) is 13.5. The largest absolute Gasteiger partial charge is 0.487 e. The molecule has 0 aromatic rings. The van der Waals surface area contributed by atoms with Crippen LogP contribution in [0.5, 0.6) is 0 Å². The molecule has 0 radical (unpaired) electrons. The summed E-state index contributed by atoms with van der Waals surface area (Å²) >= 11 is 0. The van der Waals surface area contributed by atoms with Crippen LogP contribution in [0, 0.1) is 0 Å². The third kappa shape index (κ3) is 3.15. The molecule has 0 bridgehead atoms. The van der Waals surface area contributed by atoms with Crippen LogP contribution in [-0.4, -0.2) is 29.9 Å². The van der Waals surface area contributed by atoms with Crippen molar-refractivity contribution in [3.63, 3.8) is 0 Å². The molecule has 0 aromatic carbocycles. The van der Waals surface area contributed by atoms with Gasteiger partial charge in [-0.2, -0.15) is 0 Å². The Labute approximate surface area is 109 Å². The van der Waals surface area contributed by atoms with Crippen LogP contribution in [0.4, 0.5) is 0 Å². The number of carbonyl (C=O) groups is 1. The van der Waals surface area contributed by atoms with E-state index in [0.29, 0.717) is 24.2 Å². The van der Waals surface area contributed by atoms with E-state index in [2.05, 4.69) is 30.3 Å². The van der Waals surface area contributed by atoms with E-state index in [0.717, 1.165) is 19.4 Å². The first kappa shape index (κ1) is 14.4. The molecule has 4 nitrogen and oxygen atoms in total. The molecule has 0 spiro atoms. The van der Waals surface area contributed by atoms with Gasteiger partial charge in [0.05, 0.1) is 6.61 Å². The van der Waals surface area contributed by atoms with Crippen LogP contribution in [0.1, 0.15) is 26.7 Å². The van der Waals surface area contributed by atoms with Gasteiger partial charge >= 0.3 is 0 Å². The number of hydrogen-bond donors (Lipinski definition) is 1. The van der Waals surface area contributed by atoms with Gasteiger partial charge in [-0.3, -0.25) is 4.79 Å². The molecule has 0 aromatic heterocycles. The lowest BCUT2D eigenvalue weighted by molar-refractivity contribution is -0.114. The van der Waals surface area contributed by atoms with Gasteiger partial charge in [0.25, 0.3) is 0 Å². The number of nitrogens with zero attached hydrogens (tertiary/aromatic N) is 1. The quantitative estimate of drug-likeness (QED) is 0.555. The first-order valence-electron chi connectivity index (χ1n) is 6.33. The fourth-order valence-corrected chi connectivity index (χ4v) is 2.13. The summed E-state index contributed by atoms with van der Waals surface area (Å²) in [6, 6.07) is 0.389. The molecule has 0 saturated carbocycles. The summed E-state index contributed by atoms with van der Waals surface area (Å²) in [5.41, 5.74) is 0. The predicted octanol–water partition coefficient (Wildman–Crippen LogP) is 2.16. The number of likely N-dealkylation sites (tertiary alicyclic amines) is 1. The summed E-state index contributed by atoms with van der Waals surface area (Å²) < 4.78 is 5.48. The third-order valence-corrected chi connectivity index (χ3v) is 2.99. The Balaban J connectivity index is 3.13. The van der Waals surface area contributed by atoms with Gasteiger partial charge in [-0.05, 0) is 39.0 Å². The highest BCUT2D eigenvalue weighted by Crippen LogP contribution is 2.23. The molecular formula is C14H22N2O2. The fourth-order valence-electron chi connectivity index (χ4n) is 2.13. The molecule has 1 atom stereocenters. The van der Waals surface area contributed by atoms with Gasteiger partial charge in [0, 0.05) is 12.6 Å². The van der Waals surface area contributed by atoms with Crippen LogP contribution in [-0.2, 0) is 9.53 Å². The first-order valence-corrected chi connectivity index (χ1v) is 6.33. The van der Waals surface area contributed by atoms with Gasteiger partial charge in [0.2, 0.25) is 11.5 Å². The Morgan fingerprint density at radius 2 is 2.28 bits per heavy atom. The van der Waals surface area contributed by atoms with E-state index in [-0.39, 0.29) is 5.78 Å². The van der Waals surface area contributed by atoms with E-state index in [1.807, 2.05) is 6.92 Å². The molecule has 4 heteroatoms. The summed E-state index contributed by atoms with van der Waals surface area (Å²) in [6.45, 7) is 12.5. The Bertz CT molecular complexity index is 361. The zero-order valence-electron chi connectivity index (χ0n) is 11.2. The standard InChI is InChI=1S/C14H22N2O2/c1-5-12(17)13(18-7-3)14(15-6-2)16-10-8-9-11(16)4/h5-6,11,15H,1-2,7-10H2,3-4H3. The number of nitrogens with one attached hydrogen (secondary N) is 1. The first-order chi connectivity index (χ1) is 8.65. The van der Waals surface area contributed by atoms with Gasteiger partial charge in [-0.25, -0.2) is 0 Å². The molecular weight excluding hydrogens is 228 g/mol. The molecule has 1 heterocycles. The smallest absolute Gasteiger partial charge is 0.223 e. The summed E-state index contributed by atoms with van der Waals surface area (Å²) in [4.78, 5) is 14.0. The number of allylic oxidation sites excluding steroid dienone is 1. The Hall–Kier alpha value is -1.71. The van der Waals surface area contributed by atoms with Crippen molar-refractivity contribution in [2.45, 2.75) is 32.7 Å². The van der Waals surface area contributed by atoms with Crippen LogP contribution in [0.25, 0.3) is 0 Å². The highest BCUT2D eigenvalue weighted by molar-refractivity contribution is 6.02. The van der Waals surface area contributed by atoms with Crippen molar-refractivity contribution in [2.75, 3.05) is 13.2 Å². The highest BCUT2D eigenvalue weighted by atomic mass is 16.5. The summed E-state index contributed by atoms with van der Waals surface area (Å²) in [5.74, 6) is 0.809. The molecule has 100 valence electrons. The average molecular weight is 250 g/mol. The molecule has 0 aliphatic carbocycles. The van der Waals surface area contributed by atoms with Gasteiger partial charge in [0.1, 0.15) is 0 Å². The highest BCUT2D eigenvalue weighted by Gasteiger charge is 2.27. The van der Waals surface area contributed by atoms with Gasteiger partial charge in [-0.1, -0.05) is 13.2 Å². The second-order valence-electron chi connectivity index (χ2n) is 4.21. The van der Waals surface area contributed by atoms with E-state index in [9.17, 15) is 4.79 Å². The van der Waals surface area contributed by atoms with E-state index in [1.165, 1.54) is 6.08 Å². The number of ether oxygens (including phenoxy) is 1. The lowest BCUT2D eigenvalue weighted by Gasteiger charge is -2.28. The van der Waals surface area contributed by atoms with Crippen molar-refractivity contribution in [2.24, 2.45) is 0 Å². The van der Waals surface area contributed by atoms with Gasteiger partial charge in [-0.15, -0.1) is 0 Å². The molecule has 1 aliphatic heterocycles. The van der Waals surface area contributed by atoms with Gasteiger partial charge in [0.15, 0.2) is 5.82 Å². The molecule has 1 N–H and O–H groups in total. The van der Waals surface area contributed by atoms with E-state index in [1.54, 1.807) is 6.20 Å². The predicted molar refractivity (Wildman–Crippen MR) is 72.6 cm³/mol. The van der Waals surface area contributed by atoms with Crippen LogP contribution in [0.3, 0.4) is 0 Å². The topological polar surface area (TPSA) is 41.6 Å². The van der Waals surface area contributed by atoms with Crippen molar-refractivity contribution in [3.05, 3.63) is 37.0 Å². The Morgan fingerprint density at radius 1 is 1.56 bits per heavy atom. The van der Waals surface area contributed by atoms with Gasteiger partial charge < -0.3 is 15.0 Å². The number of carbonyl (C=O) groups excluding carboxylic acids is 1. The second-order valence-corrected chi connectivity index (χ2v) is 4.21. The van der Waals surface area contributed by atoms with Crippen molar-refractivity contribution in [1.29, 1.82) is 0 Å². The van der Waals surface area contributed by atoms with E-state index >= 15 is 0 Å². The Morgan fingerprint density at radius 3 is 2.72 bits per heavy atom. The maximum Gasteiger partial charge on any atom is 0.223 e. The number of rotatable bonds is 7. The van der Waals surface area contributed by atoms with Crippen molar-refractivity contribution in [1.82, 2.24) is 10.2 Å². The minimum Gasteiger partial charge on any atom is -0.487 e. The average Bonchev–Trinajstić information content (AvgIpc) is 2.79. The van der Waals surface area contributed by atoms with Crippen molar-refractivity contribution < 1.29 is 9.53 Å². The Kier molecular flexibility index (Phi) is 5.49. The maximum absolute atomic E-state index is 11.9. The minimum absolute atomic E-state index is 0.208. The SMILES string of the molecule is C=CNC(=C(OCC)C(=O)C=C)N1CCCC1C. The minimum atomic E-state index is -0.208. The lowest BCUT2D eigenvalue weighted by atomic mass is 10.2. The van der Waals surface area contributed by atoms with Crippen LogP contribution >= 0.6 is 0 Å². The summed E-state index contributed by atoms with van der Waals surface area (Å²) in [6.07, 6.45) is 5.07. The maximum atomic E-state index is 11.9. The molecule has 0 amide bonds. The second kappa shape index (κ2) is 6.89. The van der Waals surface area contributed by atoms with E-state index < -0.39 is 0 Å². The molecule has 1 rings (SSSR count).